The van der Waals surface area contributed by atoms with Crippen molar-refractivity contribution in [2.24, 2.45) is 0 Å². The molecule has 1 aliphatic heterocycles. The third-order valence-electron chi connectivity index (χ3n) is 6.17. The molecule has 2 aliphatic rings. The third-order valence-corrected chi connectivity index (χ3v) is 6.17. The predicted octanol–water partition coefficient (Wildman–Crippen LogP) is 4.61. The number of benzene rings is 1. The molecule has 0 saturated carbocycles. The Bertz CT molecular complexity index is 978. The molecule has 0 N–H and O–H groups in total. The van der Waals surface area contributed by atoms with Crippen molar-refractivity contribution < 1.29 is 4.74 Å². The lowest BCUT2D eigenvalue weighted by Crippen LogP contribution is -2.37. The number of hydrogen-bond acceptors (Lipinski definition) is 4. The van der Waals surface area contributed by atoms with E-state index in [2.05, 4.69) is 35.0 Å². The van der Waals surface area contributed by atoms with Gasteiger partial charge in [0.2, 0.25) is 0 Å². The Balaban J connectivity index is 1.27. The Labute approximate surface area is 166 Å². The monoisotopic (exact) mass is 373 g/mol. The summed E-state index contributed by atoms with van der Waals surface area (Å²) in [5, 5.41) is 1.32. The van der Waals surface area contributed by atoms with Crippen LogP contribution in [0, 0.1) is 6.92 Å². The van der Waals surface area contributed by atoms with Gasteiger partial charge in [0.1, 0.15) is 5.82 Å². The Morgan fingerprint density at radius 3 is 2.68 bits per heavy atom. The number of piperidine rings is 1. The van der Waals surface area contributed by atoms with Gasteiger partial charge < -0.3 is 9.64 Å². The molecule has 1 saturated heterocycles. The van der Waals surface area contributed by atoms with E-state index in [0.29, 0.717) is 12.7 Å². The minimum Gasteiger partial charge on any atom is -0.372 e. The average molecular weight is 374 g/mol. The van der Waals surface area contributed by atoms with Gasteiger partial charge in [0.25, 0.3) is 0 Å². The SMILES string of the molecule is Cc1cc(N2CCC(OCc3ccccn3)CC2)nc2cc3c(cc12)CCC3. The molecular weight excluding hydrogens is 346 g/mol. The lowest BCUT2D eigenvalue weighted by molar-refractivity contribution is 0.0234. The smallest absolute Gasteiger partial charge is 0.129 e. The van der Waals surface area contributed by atoms with E-state index in [4.69, 9.17) is 9.72 Å². The zero-order valence-electron chi connectivity index (χ0n) is 16.5. The van der Waals surface area contributed by atoms with Crippen LogP contribution in [0.3, 0.4) is 0 Å². The third kappa shape index (κ3) is 3.49. The number of anilines is 1. The summed E-state index contributed by atoms with van der Waals surface area (Å²) in [5.41, 5.74) is 6.52. The van der Waals surface area contributed by atoms with E-state index in [0.717, 1.165) is 43.0 Å². The van der Waals surface area contributed by atoms with Gasteiger partial charge in [0.05, 0.1) is 23.9 Å². The highest BCUT2D eigenvalue weighted by molar-refractivity contribution is 5.85. The van der Waals surface area contributed by atoms with Gasteiger partial charge in [-0.25, -0.2) is 4.98 Å². The number of ether oxygens (including phenoxy) is 1. The first-order chi connectivity index (χ1) is 13.8. The summed E-state index contributed by atoms with van der Waals surface area (Å²) in [6.07, 6.45) is 7.91. The number of rotatable bonds is 4. The molecule has 28 heavy (non-hydrogen) atoms. The Hall–Kier alpha value is -2.46. The van der Waals surface area contributed by atoms with Crippen LogP contribution in [0.15, 0.2) is 42.6 Å². The van der Waals surface area contributed by atoms with Gasteiger partial charge in [-0.05, 0) is 86.1 Å². The zero-order valence-corrected chi connectivity index (χ0v) is 16.5. The largest absolute Gasteiger partial charge is 0.372 e. The normalized spacial score (nSPS) is 17.2. The van der Waals surface area contributed by atoms with Crippen molar-refractivity contribution in [2.45, 2.75) is 51.7 Å². The molecule has 0 amide bonds. The van der Waals surface area contributed by atoms with Crippen LogP contribution < -0.4 is 4.90 Å². The molecule has 3 heterocycles. The maximum Gasteiger partial charge on any atom is 0.129 e. The van der Waals surface area contributed by atoms with Crippen molar-refractivity contribution in [3.8, 4) is 0 Å². The van der Waals surface area contributed by atoms with Crippen molar-refractivity contribution >= 4 is 16.7 Å². The van der Waals surface area contributed by atoms with Crippen LogP contribution >= 0.6 is 0 Å². The first kappa shape index (κ1) is 17.6. The number of aromatic nitrogens is 2. The highest BCUT2D eigenvalue weighted by Gasteiger charge is 2.22. The average Bonchev–Trinajstić information content (AvgIpc) is 3.19. The highest BCUT2D eigenvalue weighted by atomic mass is 16.5. The molecule has 1 aromatic carbocycles. The van der Waals surface area contributed by atoms with E-state index < -0.39 is 0 Å². The molecule has 1 aliphatic carbocycles. The standard InChI is InChI=1S/C24H27N3O/c1-17-13-24(26-23-15-19-6-4-5-18(19)14-22(17)23)27-11-8-21(9-12-27)28-16-20-7-2-3-10-25-20/h2-3,7,10,13-15,21H,4-6,8-9,11-12,16H2,1H3. The van der Waals surface area contributed by atoms with Gasteiger partial charge >= 0.3 is 0 Å². The molecule has 0 radical (unpaired) electrons. The molecule has 144 valence electrons. The lowest BCUT2D eigenvalue weighted by atomic mass is 10.0. The molecular formula is C24H27N3O. The molecule has 0 unspecified atom stereocenters. The van der Waals surface area contributed by atoms with Crippen LogP contribution in [0.5, 0.6) is 0 Å². The molecule has 0 spiro atoms. The Morgan fingerprint density at radius 2 is 1.89 bits per heavy atom. The first-order valence-electron chi connectivity index (χ1n) is 10.5. The van der Waals surface area contributed by atoms with Crippen LogP contribution in [0.1, 0.15) is 41.6 Å². The van der Waals surface area contributed by atoms with Crippen LogP contribution in [0.25, 0.3) is 10.9 Å². The van der Waals surface area contributed by atoms with Gasteiger partial charge in [-0.3, -0.25) is 4.98 Å². The summed E-state index contributed by atoms with van der Waals surface area (Å²) in [4.78, 5) is 11.8. The molecule has 5 rings (SSSR count). The maximum absolute atomic E-state index is 6.09. The number of nitrogens with zero attached hydrogens (tertiary/aromatic N) is 3. The van der Waals surface area contributed by atoms with Crippen molar-refractivity contribution in [3.63, 3.8) is 0 Å². The van der Waals surface area contributed by atoms with Crippen LogP contribution in [-0.4, -0.2) is 29.2 Å². The van der Waals surface area contributed by atoms with Gasteiger partial charge in [-0.1, -0.05) is 6.07 Å². The van der Waals surface area contributed by atoms with Crippen molar-refractivity contribution in [1.82, 2.24) is 9.97 Å². The summed E-state index contributed by atoms with van der Waals surface area (Å²) >= 11 is 0. The minimum atomic E-state index is 0.308. The molecule has 2 aromatic heterocycles. The second kappa shape index (κ2) is 7.51. The first-order valence-corrected chi connectivity index (χ1v) is 10.5. The molecule has 4 nitrogen and oxygen atoms in total. The van der Waals surface area contributed by atoms with E-state index in [1.165, 1.54) is 41.3 Å². The van der Waals surface area contributed by atoms with Gasteiger partial charge in [0.15, 0.2) is 0 Å². The summed E-state index contributed by atoms with van der Waals surface area (Å²) in [6, 6.07) is 12.9. The van der Waals surface area contributed by atoms with Crippen molar-refractivity contribution in [2.75, 3.05) is 18.0 Å². The topological polar surface area (TPSA) is 38.2 Å². The quantitative estimate of drug-likeness (QED) is 0.669. The van der Waals surface area contributed by atoms with Crippen molar-refractivity contribution in [1.29, 1.82) is 0 Å². The van der Waals surface area contributed by atoms with E-state index in [-0.39, 0.29) is 0 Å². The Morgan fingerprint density at radius 1 is 1.07 bits per heavy atom. The second-order valence-corrected chi connectivity index (χ2v) is 8.11. The number of fused-ring (bicyclic) bond motifs is 2. The van der Waals surface area contributed by atoms with Gasteiger partial charge in [0, 0.05) is 24.7 Å². The summed E-state index contributed by atoms with van der Waals surface area (Å²) < 4.78 is 6.09. The summed E-state index contributed by atoms with van der Waals surface area (Å²) in [5.74, 6) is 1.12. The summed E-state index contributed by atoms with van der Waals surface area (Å²) in [6.45, 7) is 4.81. The maximum atomic E-state index is 6.09. The fraction of sp³-hybridized carbons (Fsp3) is 0.417. The van der Waals surface area contributed by atoms with E-state index in [1.54, 1.807) is 0 Å². The van der Waals surface area contributed by atoms with E-state index >= 15 is 0 Å². The fourth-order valence-corrected chi connectivity index (χ4v) is 4.55. The molecule has 3 aromatic rings. The number of hydrogen-bond donors (Lipinski definition) is 0. The number of aryl methyl sites for hydroxylation is 3. The summed E-state index contributed by atoms with van der Waals surface area (Å²) in [7, 11) is 0. The molecule has 0 atom stereocenters. The van der Waals surface area contributed by atoms with Crippen LogP contribution in [0.2, 0.25) is 0 Å². The van der Waals surface area contributed by atoms with E-state index in [9.17, 15) is 0 Å². The van der Waals surface area contributed by atoms with Gasteiger partial charge in [-0.15, -0.1) is 0 Å². The molecule has 1 fully saturated rings. The van der Waals surface area contributed by atoms with Crippen LogP contribution in [-0.2, 0) is 24.2 Å². The Kier molecular flexibility index (Phi) is 4.73. The fourth-order valence-electron chi connectivity index (χ4n) is 4.55. The number of pyridine rings is 2. The van der Waals surface area contributed by atoms with Crippen LogP contribution in [0.4, 0.5) is 5.82 Å². The highest BCUT2D eigenvalue weighted by Crippen LogP contribution is 2.31. The van der Waals surface area contributed by atoms with Gasteiger partial charge in [-0.2, -0.15) is 0 Å². The zero-order chi connectivity index (χ0) is 18.9. The molecule has 4 heteroatoms. The predicted molar refractivity (Wildman–Crippen MR) is 113 cm³/mol. The lowest BCUT2D eigenvalue weighted by Gasteiger charge is -2.33. The minimum absolute atomic E-state index is 0.308. The van der Waals surface area contributed by atoms with E-state index in [1.807, 2.05) is 24.4 Å². The van der Waals surface area contributed by atoms with Crippen molar-refractivity contribution in [3.05, 3.63) is 65.0 Å². The molecule has 0 bridgehead atoms. The second-order valence-electron chi connectivity index (χ2n) is 8.11.